The Balaban J connectivity index is 0.00000182. The summed E-state index contributed by atoms with van der Waals surface area (Å²) in [5.74, 6) is 0.849. The molecule has 25 heavy (non-hydrogen) atoms. The molecule has 0 radical (unpaired) electrons. The Labute approximate surface area is 156 Å². The first-order valence-electron chi connectivity index (χ1n) is 8.59. The van der Waals surface area contributed by atoms with Gasteiger partial charge in [-0.2, -0.15) is 0 Å². The van der Waals surface area contributed by atoms with Gasteiger partial charge in [0.2, 0.25) is 5.91 Å². The minimum atomic E-state index is -0.151. The highest BCUT2D eigenvalue weighted by molar-refractivity contribution is 7.16. The van der Waals surface area contributed by atoms with Crippen LogP contribution in [0.15, 0.2) is 22.6 Å². The number of halogens is 1. The van der Waals surface area contributed by atoms with Crippen molar-refractivity contribution in [3.05, 3.63) is 28.1 Å². The second kappa shape index (κ2) is 7.43. The molecule has 2 saturated carbocycles. The van der Waals surface area contributed by atoms with E-state index in [9.17, 15) is 9.59 Å². The van der Waals surface area contributed by atoms with E-state index in [0.717, 1.165) is 25.7 Å². The fourth-order valence-corrected chi connectivity index (χ4v) is 5.14. The van der Waals surface area contributed by atoms with E-state index in [1.165, 1.54) is 28.7 Å². The van der Waals surface area contributed by atoms with Crippen molar-refractivity contribution in [2.45, 2.75) is 50.7 Å². The monoisotopic (exact) mass is 382 g/mol. The van der Waals surface area contributed by atoms with Gasteiger partial charge in [-0.1, -0.05) is 6.42 Å². The molecule has 4 rings (SSSR count). The van der Waals surface area contributed by atoms with Crippen molar-refractivity contribution >= 4 is 39.9 Å². The summed E-state index contributed by atoms with van der Waals surface area (Å²) in [5.41, 5.74) is 5.99. The predicted octanol–water partition coefficient (Wildman–Crippen LogP) is 1.90. The molecule has 0 spiro atoms. The van der Waals surface area contributed by atoms with Crippen LogP contribution in [0.3, 0.4) is 0 Å². The van der Waals surface area contributed by atoms with E-state index in [1.54, 1.807) is 6.07 Å². The molecule has 2 fully saturated rings. The number of hydrogen-bond acceptors (Lipinski definition) is 5. The van der Waals surface area contributed by atoms with Crippen LogP contribution in [0, 0.1) is 11.8 Å². The molecule has 0 aromatic carbocycles. The Morgan fingerprint density at radius 1 is 1.36 bits per heavy atom. The number of amides is 1. The van der Waals surface area contributed by atoms with Gasteiger partial charge in [-0.25, -0.2) is 4.98 Å². The summed E-state index contributed by atoms with van der Waals surface area (Å²) in [6, 6.07) is 2.23. The summed E-state index contributed by atoms with van der Waals surface area (Å²) >= 11 is 1.43. The quantitative estimate of drug-likeness (QED) is 0.848. The third-order valence-corrected chi connectivity index (χ3v) is 6.29. The molecule has 2 aliphatic rings. The fraction of sp³-hybridized carbons (Fsp3) is 0.588. The van der Waals surface area contributed by atoms with Crippen molar-refractivity contribution in [1.29, 1.82) is 0 Å². The van der Waals surface area contributed by atoms with Crippen molar-refractivity contribution in [2.24, 2.45) is 17.6 Å². The molecule has 2 bridgehead atoms. The number of nitrogens with one attached hydrogen (secondary N) is 1. The Kier molecular flexibility index (Phi) is 5.46. The van der Waals surface area contributed by atoms with Gasteiger partial charge in [0.1, 0.15) is 11.4 Å². The van der Waals surface area contributed by atoms with Gasteiger partial charge >= 0.3 is 0 Å². The van der Waals surface area contributed by atoms with Gasteiger partial charge in [0, 0.05) is 12.1 Å². The zero-order valence-corrected chi connectivity index (χ0v) is 15.5. The number of rotatable bonds is 3. The third kappa shape index (κ3) is 3.59. The molecular weight excluding hydrogens is 360 g/mol. The molecule has 3 N–H and O–H groups in total. The number of hydrogen-bond donors (Lipinski definition) is 2. The van der Waals surface area contributed by atoms with Gasteiger partial charge in [0.15, 0.2) is 0 Å². The first-order valence-corrected chi connectivity index (χ1v) is 9.47. The van der Waals surface area contributed by atoms with Gasteiger partial charge in [0.25, 0.3) is 5.56 Å². The van der Waals surface area contributed by atoms with Crippen molar-refractivity contribution in [3.8, 4) is 0 Å². The fourth-order valence-electron chi connectivity index (χ4n) is 4.42. The van der Waals surface area contributed by atoms with E-state index in [1.807, 2.05) is 5.38 Å². The first kappa shape index (κ1) is 18.4. The molecule has 0 saturated heterocycles. The maximum Gasteiger partial charge on any atom is 0.262 e. The summed E-state index contributed by atoms with van der Waals surface area (Å²) in [6.07, 6.45) is 6.95. The lowest BCUT2D eigenvalue weighted by atomic mass is 9.67. The summed E-state index contributed by atoms with van der Waals surface area (Å²) in [5, 5.41) is 5.60. The number of nitrogens with two attached hydrogens (primary N) is 1. The molecule has 1 amide bonds. The van der Waals surface area contributed by atoms with E-state index in [2.05, 4.69) is 10.3 Å². The van der Waals surface area contributed by atoms with Crippen LogP contribution in [0.4, 0.5) is 0 Å². The van der Waals surface area contributed by atoms with Crippen LogP contribution in [0.1, 0.15) is 32.1 Å². The molecule has 0 aliphatic heterocycles. The van der Waals surface area contributed by atoms with Gasteiger partial charge in [-0.15, -0.1) is 23.7 Å². The highest BCUT2D eigenvalue weighted by Crippen LogP contribution is 2.39. The molecule has 2 heterocycles. The lowest BCUT2D eigenvalue weighted by molar-refractivity contribution is -0.124. The number of aromatic nitrogens is 2. The van der Waals surface area contributed by atoms with E-state index in [-0.39, 0.29) is 42.5 Å². The minimum absolute atomic E-state index is 0. The number of nitrogens with zero attached hydrogens (tertiary/aromatic N) is 2. The summed E-state index contributed by atoms with van der Waals surface area (Å²) < 4.78 is 1.40. The maximum absolute atomic E-state index is 12.5. The van der Waals surface area contributed by atoms with E-state index in [4.69, 9.17) is 5.73 Å². The molecule has 8 heteroatoms. The second-order valence-corrected chi connectivity index (χ2v) is 7.99. The van der Waals surface area contributed by atoms with Crippen LogP contribution in [-0.4, -0.2) is 27.5 Å². The zero-order chi connectivity index (χ0) is 16.7. The van der Waals surface area contributed by atoms with Gasteiger partial charge in [-0.05, 0) is 49.0 Å². The highest BCUT2D eigenvalue weighted by atomic mass is 35.5. The van der Waals surface area contributed by atoms with Crippen LogP contribution < -0.4 is 16.6 Å². The molecule has 2 aromatic rings. The van der Waals surface area contributed by atoms with Crippen molar-refractivity contribution in [3.63, 3.8) is 0 Å². The number of thiophene rings is 1. The summed E-state index contributed by atoms with van der Waals surface area (Å²) in [6.45, 7) is 0.0274. The highest BCUT2D eigenvalue weighted by Gasteiger charge is 2.39. The molecule has 2 aromatic heterocycles. The van der Waals surface area contributed by atoms with E-state index < -0.39 is 0 Å². The van der Waals surface area contributed by atoms with Crippen LogP contribution >= 0.6 is 23.7 Å². The van der Waals surface area contributed by atoms with Gasteiger partial charge in [-0.3, -0.25) is 14.2 Å². The van der Waals surface area contributed by atoms with Crippen LogP contribution in [-0.2, 0) is 11.3 Å². The zero-order valence-electron chi connectivity index (χ0n) is 13.9. The molecule has 6 nitrogen and oxygen atoms in total. The Bertz CT molecular complexity index is 806. The standard InChI is InChI=1S/C17H22N4O2S.ClH/c18-12-6-10-2-1-3-11(7-12)15(10)20-14(22)8-21-9-19-16-13(17(21)23)4-5-24-16;/h4-5,9-12,15H,1-3,6-8,18H2,(H,20,22);1H. The Hall–Kier alpha value is -1.44. The van der Waals surface area contributed by atoms with Crippen LogP contribution in [0.25, 0.3) is 10.2 Å². The Morgan fingerprint density at radius 2 is 2.08 bits per heavy atom. The predicted molar refractivity (Wildman–Crippen MR) is 101 cm³/mol. The number of fused-ring (bicyclic) bond motifs is 3. The average Bonchev–Trinajstić information content (AvgIpc) is 3.00. The molecule has 136 valence electrons. The molecule has 2 unspecified atom stereocenters. The van der Waals surface area contributed by atoms with Crippen LogP contribution in [0.2, 0.25) is 0 Å². The molecule has 2 aliphatic carbocycles. The molecular formula is C17H23ClN4O2S. The van der Waals surface area contributed by atoms with Crippen molar-refractivity contribution in [2.75, 3.05) is 0 Å². The smallest absolute Gasteiger partial charge is 0.262 e. The van der Waals surface area contributed by atoms with Gasteiger partial charge < -0.3 is 11.1 Å². The second-order valence-electron chi connectivity index (χ2n) is 7.09. The SMILES string of the molecule is Cl.NC1CC2CCCC(C1)C2NC(=O)Cn1cnc2sccc2c1=O. The first-order chi connectivity index (χ1) is 11.6. The Morgan fingerprint density at radius 3 is 2.80 bits per heavy atom. The average molecular weight is 383 g/mol. The van der Waals surface area contributed by atoms with Gasteiger partial charge in [0.05, 0.1) is 11.7 Å². The summed E-state index contributed by atoms with van der Waals surface area (Å²) in [7, 11) is 0. The number of carbonyl (C=O) groups is 1. The lowest BCUT2D eigenvalue weighted by Gasteiger charge is -2.45. The van der Waals surface area contributed by atoms with E-state index >= 15 is 0 Å². The third-order valence-electron chi connectivity index (χ3n) is 5.47. The lowest BCUT2D eigenvalue weighted by Crippen LogP contribution is -2.54. The van der Waals surface area contributed by atoms with Crippen molar-refractivity contribution < 1.29 is 4.79 Å². The maximum atomic E-state index is 12.5. The molecule has 2 atom stereocenters. The van der Waals surface area contributed by atoms with Crippen molar-refractivity contribution in [1.82, 2.24) is 14.9 Å². The van der Waals surface area contributed by atoms with Crippen LogP contribution in [0.5, 0.6) is 0 Å². The topological polar surface area (TPSA) is 90.0 Å². The largest absolute Gasteiger partial charge is 0.351 e. The summed E-state index contributed by atoms with van der Waals surface area (Å²) in [4.78, 5) is 29.9. The normalized spacial score (nSPS) is 28.4. The minimum Gasteiger partial charge on any atom is -0.351 e. The van der Waals surface area contributed by atoms with E-state index in [0.29, 0.717) is 22.1 Å². The number of carbonyl (C=O) groups excluding carboxylic acids is 1.